The lowest BCUT2D eigenvalue weighted by molar-refractivity contribution is 0.342. The lowest BCUT2D eigenvalue weighted by Crippen LogP contribution is -2.50. The number of hydrogen-bond donors (Lipinski definition) is 3. The largest absolute Gasteiger partial charge is 0.329 e. The van der Waals surface area contributed by atoms with Gasteiger partial charge in [0.25, 0.3) is 0 Å². The molecule has 0 saturated heterocycles. The van der Waals surface area contributed by atoms with Gasteiger partial charge in [-0.2, -0.15) is 0 Å². The molecule has 0 fully saturated rings. The van der Waals surface area contributed by atoms with Gasteiger partial charge in [0.1, 0.15) is 0 Å². The maximum absolute atomic E-state index is 5.68. The first kappa shape index (κ1) is 12.6. The van der Waals surface area contributed by atoms with Crippen LogP contribution >= 0.6 is 22.6 Å². The molecule has 0 aromatic heterocycles. The molecule has 0 aromatic carbocycles. The minimum atomic E-state index is 0.0878. The molecule has 0 saturated carbocycles. The quantitative estimate of drug-likeness (QED) is 0.470. The SMILES string of the molecule is CC(CN)(CCCI)NCCN. The Morgan fingerprint density at radius 3 is 2.50 bits per heavy atom. The average molecular weight is 285 g/mol. The van der Waals surface area contributed by atoms with Crippen LogP contribution in [0.4, 0.5) is 0 Å². The second-order valence-corrected chi connectivity index (χ2v) is 4.35. The third kappa shape index (κ3) is 5.29. The molecular formula is C8H20IN3. The Bertz CT molecular complexity index is 100. The van der Waals surface area contributed by atoms with E-state index in [9.17, 15) is 0 Å². The first-order valence-corrected chi connectivity index (χ1v) is 5.92. The summed E-state index contributed by atoms with van der Waals surface area (Å²) in [5.74, 6) is 0. The number of alkyl halides is 1. The van der Waals surface area contributed by atoms with E-state index in [0.717, 1.165) is 13.0 Å². The molecule has 74 valence electrons. The van der Waals surface area contributed by atoms with E-state index in [1.165, 1.54) is 10.8 Å². The molecular weight excluding hydrogens is 265 g/mol. The minimum absolute atomic E-state index is 0.0878. The molecule has 0 spiro atoms. The fraction of sp³-hybridized carbons (Fsp3) is 1.00. The van der Waals surface area contributed by atoms with Crippen molar-refractivity contribution >= 4 is 22.6 Å². The summed E-state index contributed by atoms with van der Waals surface area (Å²) < 4.78 is 1.19. The van der Waals surface area contributed by atoms with Gasteiger partial charge in [0, 0.05) is 25.2 Å². The van der Waals surface area contributed by atoms with Crippen LogP contribution < -0.4 is 16.8 Å². The van der Waals surface area contributed by atoms with Crippen LogP contribution in [0.25, 0.3) is 0 Å². The first-order valence-electron chi connectivity index (χ1n) is 4.39. The topological polar surface area (TPSA) is 64.1 Å². The van der Waals surface area contributed by atoms with Gasteiger partial charge in [-0.05, 0) is 24.2 Å². The Hall–Kier alpha value is 0.610. The van der Waals surface area contributed by atoms with Gasteiger partial charge in [-0.25, -0.2) is 0 Å². The smallest absolute Gasteiger partial charge is 0.0276 e. The van der Waals surface area contributed by atoms with Crippen LogP contribution in [-0.2, 0) is 0 Å². The number of hydrogen-bond acceptors (Lipinski definition) is 3. The van der Waals surface area contributed by atoms with E-state index in [0.29, 0.717) is 13.1 Å². The predicted molar refractivity (Wildman–Crippen MR) is 62.6 cm³/mol. The van der Waals surface area contributed by atoms with Crippen LogP contribution in [0.5, 0.6) is 0 Å². The maximum atomic E-state index is 5.68. The van der Waals surface area contributed by atoms with E-state index < -0.39 is 0 Å². The second kappa shape index (κ2) is 7.06. The molecule has 0 heterocycles. The van der Waals surface area contributed by atoms with Crippen LogP contribution in [0.1, 0.15) is 19.8 Å². The number of nitrogens with two attached hydrogens (primary N) is 2. The van der Waals surface area contributed by atoms with Gasteiger partial charge >= 0.3 is 0 Å². The van der Waals surface area contributed by atoms with Crippen LogP contribution in [0.3, 0.4) is 0 Å². The Labute approximate surface area is 88.8 Å². The highest BCUT2D eigenvalue weighted by molar-refractivity contribution is 14.1. The van der Waals surface area contributed by atoms with Crippen LogP contribution in [0, 0.1) is 0 Å². The molecule has 0 aliphatic rings. The van der Waals surface area contributed by atoms with E-state index in [4.69, 9.17) is 11.5 Å². The molecule has 1 unspecified atom stereocenters. The lowest BCUT2D eigenvalue weighted by Gasteiger charge is -2.29. The highest BCUT2D eigenvalue weighted by Gasteiger charge is 2.19. The van der Waals surface area contributed by atoms with Gasteiger partial charge in [0.15, 0.2) is 0 Å². The van der Waals surface area contributed by atoms with Crippen LogP contribution in [-0.4, -0.2) is 29.6 Å². The second-order valence-electron chi connectivity index (χ2n) is 3.27. The van der Waals surface area contributed by atoms with Gasteiger partial charge in [-0.3, -0.25) is 0 Å². The molecule has 1 atom stereocenters. The Balaban J connectivity index is 3.70. The van der Waals surface area contributed by atoms with E-state index in [-0.39, 0.29) is 5.54 Å². The zero-order valence-corrected chi connectivity index (χ0v) is 9.93. The third-order valence-electron chi connectivity index (χ3n) is 2.01. The fourth-order valence-corrected chi connectivity index (χ4v) is 1.47. The zero-order chi connectivity index (χ0) is 9.45. The summed E-state index contributed by atoms with van der Waals surface area (Å²) in [4.78, 5) is 0. The third-order valence-corrected chi connectivity index (χ3v) is 2.77. The summed E-state index contributed by atoms with van der Waals surface area (Å²) in [6.07, 6.45) is 2.35. The average Bonchev–Trinajstić information content (AvgIpc) is 2.11. The summed E-state index contributed by atoms with van der Waals surface area (Å²) in [6, 6.07) is 0. The molecule has 0 aromatic rings. The predicted octanol–water partition coefficient (Wildman–Crippen LogP) is 0.467. The summed E-state index contributed by atoms with van der Waals surface area (Å²) in [7, 11) is 0. The molecule has 3 nitrogen and oxygen atoms in total. The fourth-order valence-electron chi connectivity index (χ4n) is 1.09. The molecule has 0 rings (SSSR count). The van der Waals surface area contributed by atoms with E-state index >= 15 is 0 Å². The van der Waals surface area contributed by atoms with Crippen molar-refractivity contribution in [2.45, 2.75) is 25.3 Å². The molecule has 4 heteroatoms. The molecule has 0 aliphatic carbocycles. The van der Waals surface area contributed by atoms with Crippen molar-refractivity contribution in [3.63, 3.8) is 0 Å². The summed E-state index contributed by atoms with van der Waals surface area (Å²) in [5.41, 5.74) is 11.2. The lowest BCUT2D eigenvalue weighted by atomic mass is 9.96. The summed E-state index contributed by atoms with van der Waals surface area (Å²) >= 11 is 2.39. The van der Waals surface area contributed by atoms with Gasteiger partial charge in [0.2, 0.25) is 0 Å². The normalized spacial score (nSPS) is 16.0. The van der Waals surface area contributed by atoms with Crippen molar-refractivity contribution < 1.29 is 0 Å². The van der Waals surface area contributed by atoms with Crippen molar-refractivity contribution in [2.75, 3.05) is 24.1 Å². The molecule has 0 amide bonds. The van der Waals surface area contributed by atoms with Crippen molar-refractivity contribution in [1.82, 2.24) is 5.32 Å². The molecule has 12 heavy (non-hydrogen) atoms. The summed E-state index contributed by atoms with van der Waals surface area (Å²) in [5, 5.41) is 3.38. The Kier molecular flexibility index (Phi) is 7.41. The molecule has 0 bridgehead atoms. The highest BCUT2D eigenvalue weighted by Crippen LogP contribution is 2.11. The molecule has 5 N–H and O–H groups in total. The van der Waals surface area contributed by atoms with Gasteiger partial charge in [0.05, 0.1) is 0 Å². The Morgan fingerprint density at radius 2 is 2.08 bits per heavy atom. The van der Waals surface area contributed by atoms with E-state index in [2.05, 4.69) is 34.8 Å². The standard InChI is InChI=1S/C8H20IN3/c1-8(7-11,3-2-4-9)12-6-5-10/h12H,2-7,10-11H2,1H3. The van der Waals surface area contributed by atoms with Crippen LogP contribution in [0.2, 0.25) is 0 Å². The number of rotatable bonds is 7. The number of nitrogens with one attached hydrogen (secondary N) is 1. The van der Waals surface area contributed by atoms with Gasteiger partial charge in [-0.1, -0.05) is 22.6 Å². The monoisotopic (exact) mass is 285 g/mol. The first-order chi connectivity index (χ1) is 5.68. The summed E-state index contributed by atoms with van der Waals surface area (Å²) in [6.45, 7) is 4.38. The van der Waals surface area contributed by atoms with Crippen LogP contribution in [0.15, 0.2) is 0 Å². The Morgan fingerprint density at radius 1 is 1.42 bits per heavy atom. The van der Waals surface area contributed by atoms with Crippen molar-refractivity contribution in [2.24, 2.45) is 11.5 Å². The maximum Gasteiger partial charge on any atom is 0.0276 e. The highest BCUT2D eigenvalue weighted by atomic mass is 127. The van der Waals surface area contributed by atoms with E-state index in [1.807, 2.05) is 0 Å². The van der Waals surface area contributed by atoms with Crippen molar-refractivity contribution in [3.8, 4) is 0 Å². The van der Waals surface area contributed by atoms with E-state index in [1.54, 1.807) is 0 Å². The van der Waals surface area contributed by atoms with Gasteiger partial charge in [-0.15, -0.1) is 0 Å². The molecule has 0 radical (unpaired) electrons. The van der Waals surface area contributed by atoms with Gasteiger partial charge < -0.3 is 16.8 Å². The zero-order valence-electron chi connectivity index (χ0n) is 7.78. The number of halogens is 1. The minimum Gasteiger partial charge on any atom is -0.329 e. The molecule has 0 aliphatic heterocycles. The van der Waals surface area contributed by atoms with Crippen molar-refractivity contribution in [1.29, 1.82) is 0 Å². The van der Waals surface area contributed by atoms with Crippen molar-refractivity contribution in [3.05, 3.63) is 0 Å².